The Morgan fingerprint density at radius 3 is 1.62 bits per heavy atom. The average Bonchev–Trinajstić information content (AvgIpc) is 2.65. The van der Waals surface area contributed by atoms with Gasteiger partial charge < -0.3 is 9.80 Å². The van der Waals surface area contributed by atoms with E-state index in [0.29, 0.717) is 0 Å². The molecule has 1 saturated heterocycles. The highest BCUT2D eigenvalue weighted by Gasteiger charge is 2.23. The van der Waals surface area contributed by atoms with Crippen molar-refractivity contribution in [1.82, 2.24) is 5.32 Å². The Kier molecular flexibility index (Phi) is 16.2. The van der Waals surface area contributed by atoms with E-state index in [0.717, 1.165) is 0 Å². The molecule has 1 heterocycles. The molecule has 0 spiro atoms. The maximum Gasteiger partial charge on any atom is 0.0912 e. The maximum atomic E-state index is 3.48. The second kappa shape index (κ2) is 17.4. The van der Waals surface area contributed by atoms with Crippen molar-refractivity contribution in [3.63, 3.8) is 0 Å². The summed E-state index contributed by atoms with van der Waals surface area (Å²) in [7, 11) is 2.44. The van der Waals surface area contributed by atoms with Gasteiger partial charge in [0.1, 0.15) is 0 Å². The minimum atomic E-state index is 1.21. The van der Waals surface area contributed by atoms with Crippen molar-refractivity contribution >= 4 is 11.8 Å². The molecular weight excluding hydrogens is 336 g/mol. The third-order valence-electron chi connectivity index (χ3n) is 6.07. The van der Waals surface area contributed by atoms with E-state index in [-0.39, 0.29) is 0 Å². The summed E-state index contributed by atoms with van der Waals surface area (Å²) < 4.78 is 1.29. The first kappa shape index (κ1) is 24.3. The topological polar surface area (TPSA) is 12.0 Å². The molecule has 0 aliphatic carbocycles. The lowest BCUT2D eigenvalue weighted by Gasteiger charge is -2.38. The van der Waals surface area contributed by atoms with Gasteiger partial charge in [0.15, 0.2) is 0 Å². The average molecular weight is 386 g/mol. The van der Waals surface area contributed by atoms with Crippen LogP contribution in [0.1, 0.15) is 96.8 Å². The fraction of sp³-hybridized carbons (Fsp3) is 1.00. The molecule has 1 aliphatic heterocycles. The van der Waals surface area contributed by atoms with E-state index in [4.69, 9.17) is 0 Å². The summed E-state index contributed by atoms with van der Waals surface area (Å²) in [6.45, 7) is 8.72. The van der Waals surface area contributed by atoms with E-state index in [9.17, 15) is 0 Å². The highest BCUT2D eigenvalue weighted by Crippen LogP contribution is 2.14. The Morgan fingerprint density at radius 1 is 0.654 bits per heavy atom. The van der Waals surface area contributed by atoms with Crippen molar-refractivity contribution in [3.05, 3.63) is 0 Å². The molecule has 26 heavy (non-hydrogen) atoms. The Morgan fingerprint density at radius 2 is 1.12 bits per heavy atom. The van der Waals surface area contributed by atoms with E-state index < -0.39 is 0 Å². The molecule has 0 atom stereocenters. The lowest BCUT2D eigenvalue weighted by atomic mass is 10.0. The van der Waals surface area contributed by atoms with Crippen LogP contribution < -0.4 is 5.32 Å². The number of rotatable bonds is 18. The molecule has 1 rings (SSSR count). The van der Waals surface area contributed by atoms with Crippen LogP contribution in [0.15, 0.2) is 0 Å². The van der Waals surface area contributed by atoms with E-state index in [1.165, 1.54) is 139 Å². The standard InChI is InChI=1S/C23H49N2S/c1-3-4-5-6-7-8-9-10-11-12-13-14-15-16-22-26-23-21-25(2)19-17-24-18-20-25/h24H,3-23H2,1-2H3/q+1. The summed E-state index contributed by atoms with van der Waals surface area (Å²) in [4.78, 5) is 0. The second-order valence-corrected chi connectivity index (χ2v) is 9.97. The van der Waals surface area contributed by atoms with Gasteiger partial charge in [-0.05, 0) is 12.2 Å². The first-order valence-electron chi connectivity index (χ1n) is 11.9. The number of piperazine rings is 1. The van der Waals surface area contributed by atoms with Gasteiger partial charge in [-0.3, -0.25) is 0 Å². The highest BCUT2D eigenvalue weighted by molar-refractivity contribution is 7.99. The number of likely N-dealkylation sites (N-methyl/N-ethyl adjacent to an activating group) is 1. The van der Waals surface area contributed by atoms with Crippen LogP contribution in [0.3, 0.4) is 0 Å². The molecule has 0 unspecified atom stereocenters. The minimum Gasteiger partial charge on any atom is -0.323 e. The Balaban J connectivity index is 1.71. The summed E-state index contributed by atoms with van der Waals surface area (Å²) >= 11 is 2.19. The van der Waals surface area contributed by atoms with Crippen molar-refractivity contribution in [2.45, 2.75) is 96.8 Å². The monoisotopic (exact) mass is 385 g/mol. The lowest BCUT2D eigenvalue weighted by molar-refractivity contribution is -0.908. The van der Waals surface area contributed by atoms with E-state index in [1.54, 1.807) is 0 Å². The maximum absolute atomic E-state index is 3.48. The molecule has 0 amide bonds. The first-order chi connectivity index (χ1) is 12.8. The molecule has 3 heteroatoms. The highest BCUT2D eigenvalue weighted by atomic mass is 32.2. The largest absolute Gasteiger partial charge is 0.323 e. The van der Waals surface area contributed by atoms with Crippen molar-refractivity contribution < 1.29 is 4.48 Å². The predicted molar refractivity (Wildman–Crippen MR) is 121 cm³/mol. The van der Waals surface area contributed by atoms with E-state index in [2.05, 4.69) is 31.1 Å². The predicted octanol–water partition coefficient (Wildman–Crippen LogP) is 6.25. The smallest absolute Gasteiger partial charge is 0.0912 e. The molecule has 1 N–H and O–H groups in total. The molecule has 0 aromatic carbocycles. The van der Waals surface area contributed by atoms with Crippen LogP contribution in [0.25, 0.3) is 0 Å². The van der Waals surface area contributed by atoms with E-state index >= 15 is 0 Å². The van der Waals surface area contributed by atoms with Gasteiger partial charge in [0, 0.05) is 18.8 Å². The van der Waals surface area contributed by atoms with Gasteiger partial charge in [0.25, 0.3) is 0 Å². The Hall–Kier alpha value is 0.270. The summed E-state index contributed by atoms with van der Waals surface area (Å²) in [5, 5.41) is 3.48. The number of quaternary nitrogens is 1. The van der Waals surface area contributed by atoms with E-state index in [1.807, 2.05) is 0 Å². The number of thioether (sulfide) groups is 1. The Labute approximate surface area is 169 Å². The zero-order valence-electron chi connectivity index (χ0n) is 18.2. The van der Waals surface area contributed by atoms with Crippen LogP contribution in [0.5, 0.6) is 0 Å². The Bertz CT molecular complexity index is 290. The number of nitrogens with zero attached hydrogens (tertiary/aromatic N) is 1. The third-order valence-corrected chi connectivity index (χ3v) is 7.12. The molecule has 0 aromatic heterocycles. The number of hydrogen-bond donors (Lipinski definition) is 1. The van der Waals surface area contributed by atoms with Crippen molar-refractivity contribution in [2.75, 3.05) is 51.3 Å². The number of nitrogens with one attached hydrogen (secondary N) is 1. The van der Waals surface area contributed by atoms with Gasteiger partial charge in [-0.2, -0.15) is 11.8 Å². The van der Waals surface area contributed by atoms with Crippen LogP contribution >= 0.6 is 11.8 Å². The minimum absolute atomic E-state index is 1.21. The molecule has 0 aromatic rings. The summed E-state index contributed by atoms with van der Waals surface area (Å²) in [6.07, 6.45) is 20.5. The van der Waals surface area contributed by atoms with Gasteiger partial charge in [0.05, 0.1) is 26.7 Å². The van der Waals surface area contributed by atoms with Crippen LogP contribution in [0, 0.1) is 0 Å². The molecule has 2 nitrogen and oxygen atoms in total. The van der Waals surface area contributed by atoms with Crippen molar-refractivity contribution in [2.24, 2.45) is 0 Å². The van der Waals surface area contributed by atoms with Crippen molar-refractivity contribution in [1.29, 1.82) is 0 Å². The number of hydrogen-bond acceptors (Lipinski definition) is 2. The molecule has 0 bridgehead atoms. The summed E-state index contributed by atoms with van der Waals surface area (Å²) in [5.74, 6) is 2.74. The van der Waals surface area contributed by atoms with Crippen LogP contribution in [0.4, 0.5) is 0 Å². The van der Waals surface area contributed by atoms with Crippen LogP contribution in [0.2, 0.25) is 0 Å². The summed E-state index contributed by atoms with van der Waals surface area (Å²) in [5.41, 5.74) is 0. The molecule has 0 radical (unpaired) electrons. The van der Waals surface area contributed by atoms with Crippen molar-refractivity contribution in [3.8, 4) is 0 Å². The third kappa shape index (κ3) is 14.3. The SMILES string of the molecule is CCCCCCCCCCCCCCCCSCC[N+]1(C)CCNCC1. The molecule has 156 valence electrons. The fourth-order valence-electron chi connectivity index (χ4n) is 3.94. The zero-order valence-corrected chi connectivity index (χ0v) is 19.0. The number of unbranched alkanes of at least 4 members (excludes halogenated alkanes) is 13. The van der Waals surface area contributed by atoms with Gasteiger partial charge in [-0.25, -0.2) is 0 Å². The molecular formula is C23H49N2S+. The molecule has 1 fully saturated rings. The van der Waals surface area contributed by atoms with Crippen LogP contribution in [-0.4, -0.2) is 55.8 Å². The molecule has 1 aliphatic rings. The normalized spacial score (nSPS) is 16.8. The van der Waals surface area contributed by atoms with Gasteiger partial charge >= 0.3 is 0 Å². The van der Waals surface area contributed by atoms with Gasteiger partial charge in [-0.15, -0.1) is 0 Å². The van der Waals surface area contributed by atoms with Gasteiger partial charge in [-0.1, -0.05) is 90.4 Å². The second-order valence-electron chi connectivity index (χ2n) is 8.75. The molecule has 0 saturated carbocycles. The summed E-state index contributed by atoms with van der Waals surface area (Å²) in [6, 6.07) is 0. The van der Waals surface area contributed by atoms with Crippen LogP contribution in [-0.2, 0) is 0 Å². The lowest BCUT2D eigenvalue weighted by Crippen LogP contribution is -2.56. The fourth-order valence-corrected chi connectivity index (χ4v) is 5.13. The zero-order chi connectivity index (χ0) is 18.8. The van der Waals surface area contributed by atoms with Gasteiger partial charge in [0.2, 0.25) is 0 Å². The first-order valence-corrected chi connectivity index (χ1v) is 13.0. The quantitative estimate of drug-likeness (QED) is 0.221.